The van der Waals surface area contributed by atoms with Crippen molar-refractivity contribution in [2.75, 3.05) is 0 Å². The lowest BCUT2D eigenvalue weighted by Gasteiger charge is -2.38. The maximum absolute atomic E-state index is 9.60. The first-order chi connectivity index (χ1) is 6.78. The highest BCUT2D eigenvalue weighted by Crippen LogP contribution is 2.59. The van der Waals surface area contributed by atoms with Gasteiger partial charge < -0.3 is 5.11 Å². The zero-order valence-electron chi connectivity index (χ0n) is 10.3. The molecule has 0 saturated heterocycles. The number of fused-ring (bicyclic) bond motifs is 1. The lowest BCUT2D eigenvalue weighted by atomic mass is 9.66. The molecule has 0 aromatic rings. The van der Waals surface area contributed by atoms with Crippen molar-refractivity contribution in [3.8, 4) is 0 Å². The van der Waals surface area contributed by atoms with Gasteiger partial charge in [0.05, 0.1) is 5.76 Å². The largest absolute Gasteiger partial charge is 0.512 e. The summed E-state index contributed by atoms with van der Waals surface area (Å²) in [5.41, 5.74) is 4.40. The predicted octanol–water partition coefficient (Wildman–Crippen LogP) is 4.14. The SMILES string of the molecule is CC1=C2C=C(O)CC=C2C(C)(C)C1(C)C. The Bertz CT molecular complexity index is 403. The normalized spacial score (nSPS) is 27.3. The Balaban J connectivity index is 2.64. The van der Waals surface area contributed by atoms with Crippen LogP contribution in [-0.2, 0) is 0 Å². The minimum atomic E-state index is 0.170. The molecular weight excluding hydrogens is 184 g/mol. The van der Waals surface area contributed by atoms with Crippen molar-refractivity contribution in [2.24, 2.45) is 10.8 Å². The van der Waals surface area contributed by atoms with Crippen molar-refractivity contribution < 1.29 is 5.11 Å². The van der Waals surface area contributed by atoms with Crippen LogP contribution in [0, 0.1) is 10.8 Å². The first-order valence-electron chi connectivity index (χ1n) is 5.60. The van der Waals surface area contributed by atoms with Gasteiger partial charge in [-0.25, -0.2) is 0 Å². The Morgan fingerprint density at radius 3 is 2.33 bits per heavy atom. The van der Waals surface area contributed by atoms with E-state index < -0.39 is 0 Å². The third kappa shape index (κ3) is 1.15. The molecule has 0 atom stereocenters. The molecule has 1 heteroatoms. The van der Waals surface area contributed by atoms with Crippen molar-refractivity contribution in [3.63, 3.8) is 0 Å². The molecule has 0 heterocycles. The molecule has 2 aliphatic rings. The summed E-state index contributed by atoms with van der Waals surface area (Å²) >= 11 is 0. The maximum atomic E-state index is 9.60. The molecule has 0 aliphatic heterocycles. The van der Waals surface area contributed by atoms with Crippen molar-refractivity contribution >= 4 is 0 Å². The molecule has 2 rings (SSSR count). The molecule has 0 saturated carbocycles. The number of allylic oxidation sites excluding steroid dienone is 5. The number of rotatable bonds is 0. The van der Waals surface area contributed by atoms with E-state index in [1.807, 2.05) is 6.08 Å². The van der Waals surface area contributed by atoms with Crippen molar-refractivity contribution in [3.05, 3.63) is 34.6 Å². The Kier molecular flexibility index (Phi) is 1.95. The molecule has 15 heavy (non-hydrogen) atoms. The predicted molar refractivity (Wildman–Crippen MR) is 63.7 cm³/mol. The monoisotopic (exact) mass is 204 g/mol. The number of hydrogen-bond acceptors (Lipinski definition) is 1. The molecule has 0 bridgehead atoms. The Morgan fingerprint density at radius 1 is 1.13 bits per heavy atom. The van der Waals surface area contributed by atoms with E-state index in [2.05, 4.69) is 40.7 Å². The van der Waals surface area contributed by atoms with E-state index in [1.54, 1.807) is 0 Å². The number of hydrogen-bond donors (Lipinski definition) is 1. The van der Waals surface area contributed by atoms with Crippen LogP contribution in [0.3, 0.4) is 0 Å². The fourth-order valence-corrected chi connectivity index (χ4v) is 2.66. The van der Waals surface area contributed by atoms with Gasteiger partial charge >= 0.3 is 0 Å². The zero-order valence-corrected chi connectivity index (χ0v) is 10.3. The molecule has 0 spiro atoms. The molecule has 0 unspecified atom stereocenters. The van der Waals surface area contributed by atoms with Crippen LogP contribution in [0.1, 0.15) is 41.0 Å². The average Bonchev–Trinajstić information content (AvgIpc) is 2.26. The molecule has 0 aromatic carbocycles. The van der Waals surface area contributed by atoms with Crippen LogP contribution in [0.4, 0.5) is 0 Å². The van der Waals surface area contributed by atoms with E-state index in [1.165, 1.54) is 16.7 Å². The van der Waals surface area contributed by atoms with E-state index in [0.29, 0.717) is 12.2 Å². The van der Waals surface area contributed by atoms with Gasteiger partial charge in [-0.15, -0.1) is 0 Å². The Morgan fingerprint density at radius 2 is 1.73 bits per heavy atom. The minimum Gasteiger partial charge on any atom is -0.512 e. The number of aliphatic hydroxyl groups is 1. The van der Waals surface area contributed by atoms with Crippen LogP contribution in [0.5, 0.6) is 0 Å². The van der Waals surface area contributed by atoms with Crippen molar-refractivity contribution in [2.45, 2.75) is 41.0 Å². The summed E-state index contributed by atoms with van der Waals surface area (Å²) in [7, 11) is 0. The van der Waals surface area contributed by atoms with Crippen LogP contribution in [0.15, 0.2) is 34.6 Å². The van der Waals surface area contributed by atoms with Gasteiger partial charge in [0.2, 0.25) is 0 Å². The Hall–Kier alpha value is -0.980. The van der Waals surface area contributed by atoms with Crippen molar-refractivity contribution in [1.29, 1.82) is 0 Å². The molecular formula is C14H20O. The van der Waals surface area contributed by atoms with E-state index in [4.69, 9.17) is 0 Å². The molecule has 0 amide bonds. The summed E-state index contributed by atoms with van der Waals surface area (Å²) in [6.07, 6.45) is 4.82. The van der Waals surface area contributed by atoms with Gasteiger partial charge in [-0.1, -0.05) is 39.3 Å². The summed E-state index contributed by atoms with van der Waals surface area (Å²) in [4.78, 5) is 0. The fraction of sp³-hybridized carbons (Fsp3) is 0.571. The average molecular weight is 204 g/mol. The van der Waals surface area contributed by atoms with Crippen LogP contribution < -0.4 is 0 Å². The van der Waals surface area contributed by atoms with Crippen molar-refractivity contribution in [1.82, 2.24) is 0 Å². The van der Waals surface area contributed by atoms with E-state index in [9.17, 15) is 5.11 Å². The number of aliphatic hydroxyl groups excluding tert-OH is 1. The van der Waals surface area contributed by atoms with Gasteiger partial charge in [0.15, 0.2) is 0 Å². The molecule has 0 fully saturated rings. The van der Waals surface area contributed by atoms with Gasteiger partial charge in [-0.05, 0) is 35.0 Å². The standard InChI is InChI=1S/C14H20O/c1-9-11-8-10(15)6-7-12(11)14(4,5)13(9,2)3/h7-8,15H,6H2,1-5H3. The van der Waals surface area contributed by atoms with E-state index in [-0.39, 0.29) is 10.8 Å². The van der Waals surface area contributed by atoms with E-state index in [0.717, 1.165) is 0 Å². The van der Waals surface area contributed by atoms with Gasteiger partial charge in [0.25, 0.3) is 0 Å². The molecule has 82 valence electrons. The molecule has 1 N–H and O–H groups in total. The van der Waals surface area contributed by atoms with E-state index >= 15 is 0 Å². The lowest BCUT2D eigenvalue weighted by molar-refractivity contribution is 0.221. The smallest absolute Gasteiger partial charge is 0.0966 e. The van der Waals surface area contributed by atoms with Gasteiger partial charge in [-0.3, -0.25) is 0 Å². The topological polar surface area (TPSA) is 20.2 Å². The zero-order chi connectivity index (χ0) is 11.4. The van der Waals surface area contributed by atoms with Gasteiger partial charge in [0, 0.05) is 6.42 Å². The second-order valence-corrected chi connectivity index (χ2v) is 5.75. The van der Waals surface area contributed by atoms with Crippen LogP contribution in [0.25, 0.3) is 0 Å². The van der Waals surface area contributed by atoms with Crippen LogP contribution in [-0.4, -0.2) is 5.11 Å². The molecule has 2 aliphatic carbocycles. The highest BCUT2D eigenvalue weighted by molar-refractivity contribution is 5.57. The Labute approximate surface area is 92.2 Å². The highest BCUT2D eigenvalue weighted by atomic mass is 16.3. The summed E-state index contributed by atoms with van der Waals surface area (Å²) < 4.78 is 0. The fourth-order valence-electron chi connectivity index (χ4n) is 2.66. The van der Waals surface area contributed by atoms with Gasteiger partial charge in [-0.2, -0.15) is 0 Å². The molecule has 1 nitrogen and oxygen atoms in total. The summed E-state index contributed by atoms with van der Waals surface area (Å²) in [6, 6.07) is 0. The summed E-state index contributed by atoms with van der Waals surface area (Å²) in [5.74, 6) is 0.488. The second-order valence-electron chi connectivity index (χ2n) is 5.75. The minimum absolute atomic E-state index is 0.170. The van der Waals surface area contributed by atoms with Crippen LogP contribution in [0.2, 0.25) is 0 Å². The molecule has 0 aromatic heterocycles. The lowest BCUT2D eigenvalue weighted by Crippen LogP contribution is -2.30. The third-order valence-corrected chi connectivity index (χ3v) is 4.69. The summed E-state index contributed by atoms with van der Waals surface area (Å²) in [6.45, 7) is 11.4. The third-order valence-electron chi connectivity index (χ3n) is 4.69. The summed E-state index contributed by atoms with van der Waals surface area (Å²) in [5, 5.41) is 9.60. The molecule has 0 radical (unpaired) electrons. The second kappa shape index (κ2) is 2.78. The van der Waals surface area contributed by atoms with Crippen LogP contribution >= 0.6 is 0 Å². The quantitative estimate of drug-likeness (QED) is 0.628. The highest BCUT2D eigenvalue weighted by Gasteiger charge is 2.48. The maximum Gasteiger partial charge on any atom is 0.0966 e. The first-order valence-corrected chi connectivity index (χ1v) is 5.60. The van der Waals surface area contributed by atoms with Gasteiger partial charge in [0.1, 0.15) is 0 Å². The first kappa shape index (κ1) is 10.5.